The molecule has 0 aliphatic carbocycles. The summed E-state index contributed by atoms with van der Waals surface area (Å²) < 4.78 is 10.4. The molecular formula is C15H17NO5. The lowest BCUT2D eigenvalue weighted by Gasteiger charge is -2.16. The molecule has 0 fully saturated rings. The number of amides is 1. The minimum Gasteiger partial charge on any atom is -0.480 e. The van der Waals surface area contributed by atoms with Crippen molar-refractivity contribution < 1.29 is 24.2 Å². The molecule has 1 aliphatic rings. The number of carbonyl (C=O) groups is 2. The molecule has 1 amide bonds. The van der Waals surface area contributed by atoms with Crippen LogP contribution < -0.4 is 14.8 Å². The highest BCUT2D eigenvalue weighted by Gasteiger charge is 2.22. The standard InChI is InChI=1S/C15H17NO5/c1-9(2)14(15(18)19)16-13(17)6-4-10-3-5-11-12(7-10)21-8-20-11/h3-7,9,14H,8H2,1-2H3,(H,16,17)(H,18,19)/t14-/m1/s1. The van der Waals surface area contributed by atoms with Crippen molar-refractivity contribution in [3.63, 3.8) is 0 Å². The predicted molar refractivity (Wildman–Crippen MR) is 76.0 cm³/mol. The first-order valence-electron chi connectivity index (χ1n) is 6.58. The smallest absolute Gasteiger partial charge is 0.326 e. The number of carboxylic acid groups (broad SMARTS) is 1. The maximum absolute atomic E-state index is 11.8. The third kappa shape index (κ3) is 3.75. The molecular weight excluding hydrogens is 274 g/mol. The van der Waals surface area contributed by atoms with E-state index >= 15 is 0 Å². The molecule has 112 valence electrons. The van der Waals surface area contributed by atoms with Gasteiger partial charge in [0.2, 0.25) is 12.7 Å². The van der Waals surface area contributed by atoms with E-state index in [4.69, 9.17) is 14.6 Å². The van der Waals surface area contributed by atoms with Crippen molar-refractivity contribution in [3.05, 3.63) is 29.8 Å². The minimum absolute atomic E-state index is 0.189. The van der Waals surface area contributed by atoms with Gasteiger partial charge in [0.05, 0.1) is 0 Å². The Morgan fingerprint density at radius 3 is 2.67 bits per heavy atom. The summed E-state index contributed by atoms with van der Waals surface area (Å²) in [6.07, 6.45) is 2.90. The molecule has 0 unspecified atom stereocenters. The first-order valence-corrected chi connectivity index (χ1v) is 6.58. The Hall–Kier alpha value is -2.50. The zero-order valence-corrected chi connectivity index (χ0v) is 11.8. The molecule has 1 aromatic carbocycles. The zero-order chi connectivity index (χ0) is 15.4. The van der Waals surface area contributed by atoms with Crippen LogP contribution in [0.15, 0.2) is 24.3 Å². The number of benzene rings is 1. The van der Waals surface area contributed by atoms with Crippen LogP contribution in [0.2, 0.25) is 0 Å². The predicted octanol–water partition coefficient (Wildman–Crippen LogP) is 1.65. The first kappa shape index (κ1) is 14.9. The zero-order valence-electron chi connectivity index (χ0n) is 11.8. The van der Waals surface area contributed by atoms with Crippen molar-refractivity contribution in [3.8, 4) is 11.5 Å². The van der Waals surface area contributed by atoms with Gasteiger partial charge in [0.15, 0.2) is 11.5 Å². The Bertz CT molecular complexity index is 579. The number of aliphatic carboxylic acids is 1. The van der Waals surface area contributed by atoms with Crippen molar-refractivity contribution >= 4 is 18.0 Å². The van der Waals surface area contributed by atoms with Crippen molar-refractivity contribution in [2.75, 3.05) is 6.79 Å². The lowest BCUT2D eigenvalue weighted by atomic mass is 10.0. The van der Waals surface area contributed by atoms with Crippen LogP contribution in [0, 0.1) is 5.92 Å². The van der Waals surface area contributed by atoms with E-state index in [0.29, 0.717) is 11.5 Å². The number of hydrogen-bond donors (Lipinski definition) is 2. The molecule has 1 aromatic rings. The molecule has 0 saturated carbocycles. The van der Waals surface area contributed by atoms with Gasteiger partial charge in [-0.05, 0) is 29.7 Å². The maximum atomic E-state index is 11.8. The Morgan fingerprint density at radius 2 is 2.00 bits per heavy atom. The fourth-order valence-corrected chi connectivity index (χ4v) is 1.90. The molecule has 6 heteroatoms. The second kappa shape index (κ2) is 6.30. The molecule has 2 rings (SSSR count). The molecule has 6 nitrogen and oxygen atoms in total. The molecule has 0 aromatic heterocycles. The van der Waals surface area contributed by atoms with Crippen LogP contribution in [-0.2, 0) is 9.59 Å². The van der Waals surface area contributed by atoms with E-state index in [2.05, 4.69) is 5.32 Å². The fraction of sp³-hybridized carbons (Fsp3) is 0.333. The average molecular weight is 291 g/mol. The highest BCUT2D eigenvalue weighted by Crippen LogP contribution is 2.32. The lowest BCUT2D eigenvalue weighted by molar-refractivity contribution is -0.142. The van der Waals surface area contributed by atoms with Crippen molar-refractivity contribution in [2.24, 2.45) is 5.92 Å². The van der Waals surface area contributed by atoms with Crippen LogP contribution in [0.4, 0.5) is 0 Å². The number of hydrogen-bond acceptors (Lipinski definition) is 4. The van der Waals surface area contributed by atoms with E-state index in [1.165, 1.54) is 6.08 Å². The first-order chi connectivity index (χ1) is 9.97. The van der Waals surface area contributed by atoms with E-state index in [9.17, 15) is 9.59 Å². The van der Waals surface area contributed by atoms with Crippen LogP contribution in [-0.4, -0.2) is 29.8 Å². The Kier molecular flexibility index (Phi) is 4.47. The normalized spacial score (nSPS) is 14.4. The summed E-state index contributed by atoms with van der Waals surface area (Å²) >= 11 is 0. The van der Waals surface area contributed by atoms with Gasteiger partial charge >= 0.3 is 5.97 Å². The second-order valence-electron chi connectivity index (χ2n) is 5.01. The van der Waals surface area contributed by atoms with Gasteiger partial charge in [-0.15, -0.1) is 0 Å². The fourth-order valence-electron chi connectivity index (χ4n) is 1.90. The summed E-state index contributed by atoms with van der Waals surface area (Å²) in [7, 11) is 0. The van der Waals surface area contributed by atoms with E-state index in [1.54, 1.807) is 38.1 Å². The van der Waals surface area contributed by atoms with Crippen molar-refractivity contribution in [1.29, 1.82) is 0 Å². The van der Waals surface area contributed by atoms with Crippen molar-refractivity contribution in [1.82, 2.24) is 5.32 Å². The van der Waals surface area contributed by atoms with Gasteiger partial charge in [-0.25, -0.2) is 4.79 Å². The van der Waals surface area contributed by atoms with Gasteiger partial charge in [0, 0.05) is 6.08 Å². The Balaban J connectivity index is 2.00. The molecule has 1 aliphatic heterocycles. The largest absolute Gasteiger partial charge is 0.480 e. The van der Waals surface area contributed by atoms with Crippen LogP contribution in [0.5, 0.6) is 11.5 Å². The number of carboxylic acids is 1. The maximum Gasteiger partial charge on any atom is 0.326 e. The molecule has 0 bridgehead atoms. The SMILES string of the molecule is CC(C)[C@@H](NC(=O)C=Cc1ccc2c(c1)OCO2)C(=O)O. The number of ether oxygens (including phenoxy) is 2. The van der Waals surface area contributed by atoms with Gasteiger partial charge in [-0.3, -0.25) is 4.79 Å². The molecule has 0 spiro atoms. The van der Waals surface area contributed by atoms with Crippen LogP contribution in [0.3, 0.4) is 0 Å². The van der Waals surface area contributed by atoms with Gasteiger partial charge in [0.25, 0.3) is 0 Å². The van der Waals surface area contributed by atoms with E-state index in [1.807, 2.05) is 0 Å². The number of rotatable bonds is 5. The molecule has 0 radical (unpaired) electrons. The number of carbonyl (C=O) groups excluding carboxylic acids is 1. The minimum atomic E-state index is -1.05. The van der Waals surface area contributed by atoms with Gasteiger partial charge in [-0.1, -0.05) is 19.9 Å². The van der Waals surface area contributed by atoms with E-state index < -0.39 is 17.9 Å². The van der Waals surface area contributed by atoms with Crippen molar-refractivity contribution in [2.45, 2.75) is 19.9 Å². The summed E-state index contributed by atoms with van der Waals surface area (Å²) in [6, 6.07) is 4.39. The summed E-state index contributed by atoms with van der Waals surface area (Å²) in [6.45, 7) is 3.67. The summed E-state index contributed by atoms with van der Waals surface area (Å²) in [4.78, 5) is 22.8. The van der Waals surface area contributed by atoms with Crippen LogP contribution in [0.1, 0.15) is 19.4 Å². The summed E-state index contributed by atoms with van der Waals surface area (Å²) in [5.74, 6) is -0.389. The third-order valence-electron chi connectivity index (χ3n) is 3.05. The molecule has 1 atom stereocenters. The molecule has 1 heterocycles. The topological polar surface area (TPSA) is 84.9 Å². The number of nitrogens with one attached hydrogen (secondary N) is 1. The van der Waals surface area contributed by atoms with E-state index in [-0.39, 0.29) is 12.7 Å². The van der Waals surface area contributed by atoms with Crippen LogP contribution in [0.25, 0.3) is 6.08 Å². The monoisotopic (exact) mass is 291 g/mol. The highest BCUT2D eigenvalue weighted by molar-refractivity contribution is 5.94. The van der Waals surface area contributed by atoms with Gasteiger partial charge < -0.3 is 19.9 Å². The Labute approximate surface area is 122 Å². The molecule has 0 saturated heterocycles. The van der Waals surface area contributed by atoms with Crippen LogP contribution >= 0.6 is 0 Å². The van der Waals surface area contributed by atoms with Gasteiger partial charge in [-0.2, -0.15) is 0 Å². The Morgan fingerprint density at radius 1 is 1.29 bits per heavy atom. The summed E-state index contributed by atoms with van der Waals surface area (Å²) in [5.41, 5.74) is 0.769. The number of fused-ring (bicyclic) bond motifs is 1. The average Bonchev–Trinajstić information content (AvgIpc) is 2.89. The molecule has 2 N–H and O–H groups in total. The molecule has 21 heavy (non-hydrogen) atoms. The third-order valence-corrected chi connectivity index (χ3v) is 3.05. The lowest BCUT2D eigenvalue weighted by Crippen LogP contribution is -2.43. The van der Waals surface area contributed by atoms with E-state index in [0.717, 1.165) is 5.56 Å². The summed E-state index contributed by atoms with van der Waals surface area (Å²) in [5, 5.41) is 11.5. The quantitative estimate of drug-likeness (QED) is 0.806. The second-order valence-corrected chi connectivity index (χ2v) is 5.01. The van der Waals surface area contributed by atoms with Gasteiger partial charge in [0.1, 0.15) is 6.04 Å². The highest BCUT2D eigenvalue weighted by atomic mass is 16.7.